The predicted molar refractivity (Wildman–Crippen MR) is 146 cm³/mol. The number of benzene rings is 2. The number of carbonyl (C=O) groups is 1. The van der Waals surface area contributed by atoms with E-state index in [1.54, 1.807) is 30.3 Å². The first-order valence-electron chi connectivity index (χ1n) is 11.1. The van der Waals surface area contributed by atoms with E-state index < -0.39 is 31.8 Å². The van der Waals surface area contributed by atoms with Gasteiger partial charge in [-0.3, -0.25) is 4.79 Å². The van der Waals surface area contributed by atoms with Crippen LogP contribution in [0.5, 0.6) is 0 Å². The number of nitrogens with zero attached hydrogens (tertiary/aromatic N) is 2. The zero-order valence-corrected chi connectivity index (χ0v) is 22.3. The number of thiazole rings is 1. The van der Waals surface area contributed by atoms with Crippen molar-refractivity contribution in [3.63, 3.8) is 0 Å². The highest BCUT2D eigenvalue weighted by Crippen LogP contribution is 2.34. The predicted octanol–water partition coefficient (Wildman–Crippen LogP) is -0.642. The Morgan fingerprint density at radius 3 is 2.66 bits per heavy atom. The molecule has 12 N–H and O–H groups in total. The van der Waals surface area contributed by atoms with E-state index in [9.17, 15) is 17.4 Å². The SMILES string of the molecule is NN/N=C(\N)c1c(-c2cccc(Nc3nc(C(N)=O)cs3)c2)ccc(S(=O)NC2CCNC2)c1S(N)(=O)=O. The summed E-state index contributed by atoms with van der Waals surface area (Å²) in [5.74, 6) is 4.40. The molecule has 1 aliphatic rings. The standard InChI is InChI=1S/C21H26N10O4S3/c22-19(29-31-24)17-14(11-2-1-3-12(8-11)27-21-28-15(10-36-21)20(23)32)4-5-16(18(17)38(25,34)35)37(33)30-13-6-7-26-9-13/h1-5,8,10,13,26,30-31H,6-7,9,24H2,(H2,22,29)(H2,23,32)(H,27,28)(H2,25,34,35). The summed E-state index contributed by atoms with van der Waals surface area (Å²) >= 11 is 1.19. The second kappa shape index (κ2) is 11.5. The van der Waals surface area contributed by atoms with Crippen LogP contribution in [-0.4, -0.2) is 48.5 Å². The van der Waals surface area contributed by atoms with E-state index >= 15 is 0 Å². The van der Waals surface area contributed by atoms with E-state index in [1.165, 1.54) is 22.8 Å². The van der Waals surface area contributed by atoms with Crippen molar-refractivity contribution in [1.29, 1.82) is 0 Å². The summed E-state index contributed by atoms with van der Waals surface area (Å²) in [4.78, 5) is 15.0. The molecule has 1 fully saturated rings. The molecule has 2 unspecified atom stereocenters. The molecular weight excluding hydrogens is 552 g/mol. The van der Waals surface area contributed by atoms with Crippen molar-refractivity contribution in [3.05, 3.63) is 53.0 Å². The van der Waals surface area contributed by atoms with Crippen LogP contribution < -0.4 is 43.3 Å². The van der Waals surface area contributed by atoms with Gasteiger partial charge in [0.1, 0.15) is 21.6 Å². The van der Waals surface area contributed by atoms with Gasteiger partial charge in [0.25, 0.3) is 5.91 Å². The lowest BCUT2D eigenvalue weighted by molar-refractivity contribution is 0.0996. The summed E-state index contributed by atoms with van der Waals surface area (Å²) < 4.78 is 41.9. The van der Waals surface area contributed by atoms with E-state index in [0.29, 0.717) is 28.5 Å². The van der Waals surface area contributed by atoms with Crippen molar-refractivity contribution in [2.45, 2.75) is 22.3 Å². The molecule has 4 rings (SSSR count). The monoisotopic (exact) mass is 578 g/mol. The average molecular weight is 579 g/mol. The van der Waals surface area contributed by atoms with Crippen LogP contribution in [-0.2, 0) is 21.0 Å². The number of sulfonamides is 1. The average Bonchev–Trinajstić information content (AvgIpc) is 3.55. The van der Waals surface area contributed by atoms with E-state index in [1.807, 2.05) is 0 Å². The highest BCUT2D eigenvalue weighted by molar-refractivity contribution is 7.90. The molecule has 0 radical (unpaired) electrons. The second-order valence-corrected chi connectivity index (χ2v) is 11.7. The molecule has 3 aromatic rings. The number of nitrogens with two attached hydrogens (primary N) is 4. The van der Waals surface area contributed by atoms with Crippen LogP contribution in [0.2, 0.25) is 0 Å². The summed E-state index contributed by atoms with van der Waals surface area (Å²) in [6.07, 6.45) is 0.724. The topological polar surface area (TPSA) is 246 Å². The minimum absolute atomic E-state index is 0.0648. The molecule has 2 aromatic carbocycles. The smallest absolute Gasteiger partial charge is 0.268 e. The Bertz CT molecular complexity index is 1520. The first kappa shape index (κ1) is 27.6. The van der Waals surface area contributed by atoms with Crippen molar-refractivity contribution in [1.82, 2.24) is 20.6 Å². The van der Waals surface area contributed by atoms with Gasteiger partial charge in [0.05, 0.1) is 4.90 Å². The lowest BCUT2D eigenvalue weighted by atomic mass is 9.98. The quantitative estimate of drug-likeness (QED) is 0.0654. The number of hydrogen-bond acceptors (Lipinski definition) is 11. The van der Waals surface area contributed by atoms with E-state index in [0.717, 1.165) is 13.0 Å². The van der Waals surface area contributed by atoms with Crippen molar-refractivity contribution >= 4 is 54.9 Å². The summed E-state index contributed by atoms with van der Waals surface area (Å²) in [6, 6.07) is 9.78. The van der Waals surface area contributed by atoms with E-state index in [4.69, 9.17) is 22.4 Å². The lowest BCUT2D eigenvalue weighted by Gasteiger charge is -2.19. The largest absolute Gasteiger partial charge is 0.382 e. The van der Waals surface area contributed by atoms with Crippen molar-refractivity contribution in [3.8, 4) is 11.1 Å². The molecular formula is C21H26N10O4S3. The number of hydrogen-bond donors (Lipinski definition) is 8. The third-order valence-corrected chi connectivity index (χ3v) is 8.73. The minimum atomic E-state index is -4.45. The fourth-order valence-corrected chi connectivity index (χ4v) is 7.15. The van der Waals surface area contributed by atoms with E-state index in [2.05, 4.69) is 31.0 Å². The number of hydrazine groups is 1. The molecule has 14 nitrogen and oxygen atoms in total. The molecule has 0 spiro atoms. The van der Waals surface area contributed by atoms with Crippen LogP contribution in [0.25, 0.3) is 11.1 Å². The van der Waals surface area contributed by atoms with Crippen molar-refractivity contribution in [2.75, 3.05) is 18.4 Å². The van der Waals surface area contributed by atoms with Crippen LogP contribution in [0, 0.1) is 0 Å². The number of carbonyl (C=O) groups excluding carboxylic acids is 1. The van der Waals surface area contributed by atoms with Gasteiger partial charge >= 0.3 is 0 Å². The Balaban J connectivity index is 1.82. The molecule has 0 bridgehead atoms. The number of primary amides is 1. The Labute approximate surface area is 224 Å². The Hall–Kier alpha value is -3.45. The summed E-state index contributed by atoms with van der Waals surface area (Å²) in [5, 5.41) is 17.6. The molecule has 0 aliphatic carbocycles. The number of amidine groups is 1. The molecule has 0 saturated carbocycles. The normalized spacial score (nSPS) is 16.8. The van der Waals surface area contributed by atoms with Crippen LogP contribution in [0.4, 0.5) is 10.8 Å². The zero-order chi connectivity index (χ0) is 27.4. The van der Waals surface area contributed by atoms with Crippen molar-refractivity contribution < 1.29 is 17.4 Å². The highest BCUT2D eigenvalue weighted by atomic mass is 32.2. The van der Waals surface area contributed by atoms with Crippen LogP contribution >= 0.6 is 11.3 Å². The third kappa shape index (κ3) is 6.16. The lowest BCUT2D eigenvalue weighted by Crippen LogP contribution is -2.34. The summed E-state index contributed by atoms with van der Waals surface area (Å²) in [6.45, 7) is 1.33. The minimum Gasteiger partial charge on any atom is -0.382 e. The fraction of sp³-hybridized carbons (Fsp3) is 0.190. The Kier molecular flexibility index (Phi) is 8.36. The van der Waals surface area contributed by atoms with Gasteiger partial charge in [-0.05, 0) is 42.3 Å². The van der Waals surface area contributed by atoms with Crippen LogP contribution in [0.15, 0.2) is 56.7 Å². The van der Waals surface area contributed by atoms with Crippen LogP contribution in [0.3, 0.4) is 0 Å². The van der Waals surface area contributed by atoms with Crippen molar-refractivity contribution in [2.24, 2.45) is 27.6 Å². The van der Waals surface area contributed by atoms with Crippen LogP contribution in [0.1, 0.15) is 22.5 Å². The molecule has 2 atom stereocenters. The van der Waals surface area contributed by atoms with Gasteiger partial charge in [0.15, 0.2) is 11.0 Å². The molecule has 1 amide bonds. The van der Waals surface area contributed by atoms with Gasteiger partial charge in [-0.2, -0.15) is 0 Å². The number of rotatable bonds is 10. The zero-order valence-electron chi connectivity index (χ0n) is 19.8. The first-order chi connectivity index (χ1) is 18.1. The van der Waals surface area contributed by atoms with E-state index in [-0.39, 0.29) is 28.0 Å². The number of amides is 1. The maximum atomic E-state index is 13.2. The van der Waals surface area contributed by atoms with Gasteiger partial charge < -0.3 is 22.1 Å². The maximum Gasteiger partial charge on any atom is 0.268 e. The first-order valence-corrected chi connectivity index (χ1v) is 14.7. The number of anilines is 2. The second-order valence-electron chi connectivity index (χ2n) is 8.17. The van der Waals surface area contributed by atoms with Gasteiger partial charge in [-0.1, -0.05) is 18.2 Å². The highest BCUT2D eigenvalue weighted by Gasteiger charge is 2.29. The Morgan fingerprint density at radius 1 is 1.24 bits per heavy atom. The molecule has 1 aliphatic heterocycles. The number of aromatic nitrogens is 1. The van der Waals surface area contributed by atoms with Gasteiger partial charge in [0.2, 0.25) is 10.0 Å². The van der Waals surface area contributed by atoms with Gasteiger partial charge in [0, 0.05) is 29.2 Å². The number of primary sulfonamides is 1. The number of hydrazone groups is 1. The molecule has 17 heteroatoms. The van der Waals surface area contributed by atoms with Gasteiger partial charge in [-0.15, -0.1) is 16.4 Å². The molecule has 38 heavy (non-hydrogen) atoms. The summed E-state index contributed by atoms with van der Waals surface area (Å²) in [7, 11) is -6.37. The molecule has 1 aromatic heterocycles. The third-order valence-electron chi connectivity index (χ3n) is 5.56. The summed E-state index contributed by atoms with van der Waals surface area (Å²) in [5.41, 5.74) is 15.0. The Morgan fingerprint density at radius 2 is 2.03 bits per heavy atom. The number of nitrogens with one attached hydrogen (secondary N) is 4. The molecule has 1 saturated heterocycles. The molecule has 202 valence electrons. The maximum absolute atomic E-state index is 13.2. The van der Waals surface area contributed by atoms with Gasteiger partial charge in [-0.25, -0.2) is 38.8 Å². The molecule has 2 heterocycles. The fourth-order valence-electron chi connectivity index (χ4n) is 3.91.